The molecule has 110 valence electrons. The van der Waals surface area contributed by atoms with E-state index in [1.165, 1.54) is 18.4 Å². The van der Waals surface area contributed by atoms with Crippen molar-refractivity contribution in [2.45, 2.75) is 49.5 Å². The van der Waals surface area contributed by atoms with Crippen molar-refractivity contribution in [1.29, 1.82) is 0 Å². The van der Waals surface area contributed by atoms with Crippen molar-refractivity contribution in [2.75, 3.05) is 7.05 Å². The van der Waals surface area contributed by atoms with Gasteiger partial charge in [0, 0.05) is 6.04 Å². The van der Waals surface area contributed by atoms with Crippen molar-refractivity contribution in [3.05, 3.63) is 47.6 Å². The van der Waals surface area contributed by atoms with Crippen molar-refractivity contribution in [3.63, 3.8) is 0 Å². The predicted molar refractivity (Wildman–Crippen MR) is 80.2 cm³/mol. The zero-order chi connectivity index (χ0) is 14.3. The Morgan fingerprint density at radius 2 is 2.00 bits per heavy atom. The van der Waals surface area contributed by atoms with Crippen LogP contribution in [-0.4, -0.2) is 23.2 Å². The van der Waals surface area contributed by atoms with Gasteiger partial charge in [0.05, 0.1) is 11.3 Å². The minimum Gasteiger partial charge on any atom is -0.339 e. The zero-order valence-corrected chi connectivity index (χ0v) is 12.4. The number of hydrogen-bond donors (Lipinski definition) is 1. The van der Waals surface area contributed by atoms with Crippen molar-refractivity contribution >= 4 is 0 Å². The van der Waals surface area contributed by atoms with Gasteiger partial charge in [-0.3, -0.25) is 0 Å². The maximum Gasteiger partial charge on any atom is 0.231 e. The van der Waals surface area contributed by atoms with Gasteiger partial charge in [0.1, 0.15) is 0 Å². The largest absolute Gasteiger partial charge is 0.339 e. The Hall–Kier alpha value is -1.68. The molecule has 2 saturated carbocycles. The van der Waals surface area contributed by atoms with Gasteiger partial charge < -0.3 is 9.84 Å². The molecular formula is C17H21N3O. The first-order valence-electron chi connectivity index (χ1n) is 7.90. The molecule has 1 aromatic carbocycles. The number of hydrogen-bond acceptors (Lipinski definition) is 4. The second-order valence-corrected chi connectivity index (χ2v) is 6.34. The Morgan fingerprint density at radius 1 is 1.19 bits per heavy atom. The van der Waals surface area contributed by atoms with Crippen LogP contribution < -0.4 is 5.32 Å². The summed E-state index contributed by atoms with van der Waals surface area (Å²) in [6.45, 7) is 0. The van der Waals surface area contributed by atoms with E-state index in [0.29, 0.717) is 12.0 Å². The summed E-state index contributed by atoms with van der Waals surface area (Å²) in [6.07, 6.45) is 5.82. The molecule has 21 heavy (non-hydrogen) atoms. The van der Waals surface area contributed by atoms with Gasteiger partial charge in [0.2, 0.25) is 5.89 Å². The number of benzene rings is 1. The maximum absolute atomic E-state index is 5.63. The van der Waals surface area contributed by atoms with Crippen LogP contribution in [0.5, 0.6) is 0 Å². The highest BCUT2D eigenvalue weighted by Gasteiger charge is 2.50. The van der Waals surface area contributed by atoms with Crippen molar-refractivity contribution < 1.29 is 4.52 Å². The van der Waals surface area contributed by atoms with Crippen LogP contribution in [0.3, 0.4) is 0 Å². The van der Waals surface area contributed by atoms with Gasteiger partial charge in [-0.1, -0.05) is 41.9 Å². The molecular weight excluding hydrogens is 262 g/mol. The van der Waals surface area contributed by atoms with Crippen molar-refractivity contribution in [3.8, 4) is 0 Å². The Morgan fingerprint density at radius 3 is 2.71 bits per heavy atom. The molecule has 0 spiro atoms. The molecule has 2 aromatic rings. The van der Waals surface area contributed by atoms with Crippen LogP contribution >= 0.6 is 0 Å². The summed E-state index contributed by atoms with van der Waals surface area (Å²) in [6, 6.07) is 11.1. The topological polar surface area (TPSA) is 51.0 Å². The normalized spacial score (nSPS) is 26.9. The molecule has 2 aliphatic carbocycles. The zero-order valence-electron chi connectivity index (χ0n) is 12.4. The van der Waals surface area contributed by atoms with E-state index in [2.05, 4.69) is 40.8 Å². The van der Waals surface area contributed by atoms with E-state index < -0.39 is 0 Å². The second-order valence-electron chi connectivity index (χ2n) is 6.34. The minimum atomic E-state index is 0.0107. The first kappa shape index (κ1) is 13.0. The summed E-state index contributed by atoms with van der Waals surface area (Å²) in [7, 11) is 2.02. The lowest BCUT2D eigenvalue weighted by Gasteiger charge is -2.14. The van der Waals surface area contributed by atoms with E-state index >= 15 is 0 Å². The molecule has 0 bridgehead atoms. The molecule has 0 radical (unpaired) electrons. The fourth-order valence-electron chi connectivity index (χ4n) is 3.70. The molecule has 2 fully saturated rings. The Labute approximate surface area is 124 Å². The van der Waals surface area contributed by atoms with E-state index in [-0.39, 0.29) is 5.41 Å². The number of nitrogens with zero attached hydrogens (tertiary/aromatic N) is 2. The molecule has 0 saturated heterocycles. The van der Waals surface area contributed by atoms with Crippen LogP contribution in [-0.2, 0) is 5.41 Å². The van der Waals surface area contributed by atoms with Crippen LogP contribution in [0.2, 0.25) is 0 Å². The average Bonchev–Trinajstić information content (AvgIpc) is 2.99. The van der Waals surface area contributed by atoms with Gasteiger partial charge in [-0.05, 0) is 38.3 Å². The SMILES string of the molecule is CNC1CCCC1c1nc(C2(c3ccccc3)CC2)no1. The molecule has 2 unspecified atom stereocenters. The van der Waals surface area contributed by atoms with E-state index in [0.717, 1.165) is 31.0 Å². The fourth-order valence-corrected chi connectivity index (χ4v) is 3.70. The van der Waals surface area contributed by atoms with Crippen molar-refractivity contribution in [2.24, 2.45) is 0 Å². The van der Waals surface area contributed by atoms with E-state index in [1.54, 1.807) is 0 Å². The Balaban J connectivity index is 1.63. The molecule has 1 aromatic heterocycles. The molecule has 4 rings (SSSR count). The third kappa shape index (κ3) is 2.09. The molecule has 4 nitrogen and oxygen atoms in total. The predicted octanol–water partition coefficient (Wildman–Crippen LogP) is 3.01. The molecule has 2 atom stereocenters. The molecule has 0 amide bonds. The molecule has 1 heterocycles. The number of aromatic nitrogens is 2. The molecule has 4 heteroatoms. The number of nitrogens with one attached hydrogen (secondary N) is 1. The highest BCUT2D eigenvalue weighted by Crippen LogP contribution is 2.52. The summed E-state index contributed by atoms with van der Waals surface area (Å²) in [5, 5.41) is 7.71. The smallest absolute Gasteiger partial charge is 0.231 e. The van der Waals surface area contributed by atoms with Gasteiger partial charge >= 0.3 is 0 Å². The summed E-state index contributed by atoms with van der Waals surface area (Å²) in [5.74, 6) is 2.08. The fraction of sp³-hybridized carbons (Fsp3) is 0.529. The van der Waals surface area contributed by atoms with Gasteiger partial charge in [-0.25, -0.2) is 0 Å². The third-order valence-electron chi connectivity index (χ3n) is 5.15. The van der Waals surface area contributed by atoms with Gasteiger partial charge in [-0.2, -0.15) is 4.98 Å². The molecule has 1 N–H and O–H groups in total. The molecule has 2 aliphatic rings. The number of rotatable bonds is 4. The Bertz CT molecular complexity index is 618. The van der Waals surface area contributed by atoms with Gasteiger partial charge in [-0.15, -0.1) is 0 Å². The average molecular weight is 283 g/mol. The highest BCUT2D eigenvalue weighted by molar-refractivity contribution is 5.38. The maximum atomic E-state index is 5.63. The first-order chi connectivity index (χ1) is 10.3. The quantitative estimate of drug-likeness (QED) is 0.937. The van der Waals surface area contributed by atoms with E-state index in [9.17, 15) is 0 Å². The number of likely N-dealkylation sites (N-methyl/N-ethyl adjacent to an activating group) is 1. The lowest BCUT2D eigenvalue weighted by atomic mass is 9.95. The first-order valence-corrected chi connectivity index (χ1v) is 7.90. The molecule has 0 aliphatic heterocycles. The highest BCUT2D eigenvalue weighted by atomic mass is 16.5. The van der Waals surface area contributed by atoms with Gasteiger partial charge in [0.15, 0.2) is 5.82 Å². The van der Waals surface area contributed by atoms with E-state index in [4.69, 9.17) is 9.51 Å². The summed E-state index contributed by atoms with van der Waals surface area (Å²) >= 11 is 0. The van der Waals surface area contributed by atoms with Crippen LogP contribution in [0.25, 0.3) is 0 Å². The lowest BCUT2D eigenvalue weighted by Crippen LogP contribution is -2.27. The standard InChI is InChI=1S/C17H21N3O/c1-18-14-9-5-8-13(14)15-19-16(20-21-15)17(10-11-17)12-6-3-2-4-7-12/h2-4,6-7,13-14,18H,5,8-11H2,1H3. The van der Waals surface area contributed by atoms with Gasteiger partial charge in [0.25, 0.3) is 0 Å². The minimum absolute atomic E-state index is 0.0107. The van der Waals surface area contributed by atoms with Crippen LogP contribution in [0.1, 0.15) is 55.3 Å². The van der Waals surface area contributed by atoms with Crippen LogP contribution in [0, 0.1) is 0 Å². The Kier molecular flexibility index (Phi) is 3.07. The van der Waals surface area contributed by atoms with E-state index in [1.807, 2.05) is 7.05 Å². The van der Waals surface area contributed by atoms with Crippen molar-refractivity contribution in [1.82, 2.24) is 15.5 Å². The monoisotopic (exact) mass is 283 g/mol. The summed E-state index contributed by atoms with van der Waals surface area (Å²) < 4.78 is 5.63. The lowest BCUT2D eigenvalue weighted by molar-refractivity contribution is 0.331. The second kappa shape index (κ2) is 4.95. The summed E-state index contributed by atoms with van der Waals surface area (Å²) in [4.78, 5) is 4.78. The van der Waals surface area contributed by atoms with Crippen LogP contribution in [0.15, 0.2) is 34.9 Å². The summed E-state index contributed by atoms with van der Waals surface area (Å²) in [5.41, 5.74) is 1.32. The van der Waals surface area contributed by atoms with Crippen LogP contribution in [0.4, 0.5) is 0 Å². The third-order valence-corrected chi connectivity index (χ3v) is 5.15.